The largest absolute Gasteiger partial charge is 0.228 e. The summed E-state index contributed by atoms with van der Waals surface area (Å²) in [5.74, 6) is 0.687. The summed E-state index contributed by atoms with van der Waals surface area (Å²) in [5.41, 5.74) is 14.2. The summed E-state index contributed by atoms with van der Waals surface area (Å²) in [6.07, 6.45) is 0. The van der Waals surface area contributed by atoms with Crippen molar-refractivity contribution in [1.82, 2.24) is 9.97 Å². The van der Waals surface area contributed by atoms with Crippen molar-refractivity contribution in [2.75, 3.05) is 0 Å². The summed E-state index contributed by atoms with van der Waals surface area (Å²) >= 11 is 0. The molecule has 10 aromatic carbocycles. The van der Waals surface area contributed by atoms with Gasteiger partial charge in [0.2, 0.25) is 0 Å². The van der Waals surface area contributed by atoms with Crippen LogP contribution in [-0.2, 0) is 0 Å². The molecule has 11 rings (SSSR count). The maximum absolute atomic E-state index is 5.29. The quantitative estimate of drug-likeness (QED) is 0.151. The minimum absolute atomic E-state index is 0.687. The summed E-state index contributed by atoms with van der Waals surface area (Å²) in [6.45, 7) is 0. The molecule has 1 aromatic heterocycles. The third-order valence-corrected chi connectivity index (χ3v) is 11.7. The zero-order valence-corrected chi connectivity index (χ0v) is 32.8. The van der Waals surface area contributed by atoms with Gasteiger partial charge in [-0.1, -0.05) is 200 Å². The van der Waals surface area contributed by atoms with Crippen LogP contribution in [0.1, 0.15) is 0 Å². The number of benzene rings is 10. The first-order valence-electron chi connectivity index (χ1n) is 20.5. The van der Waals surface area contributed by atoms with Crippen molar-refractivity contribution in [1.29, 1.82) is 0 Å². The number of nitrogens with zero attached hydrogens (tertiary/aromatic N) is 2. The predicted molar refractivity (Wildman–Crippen MR) is 253 cm³/mol. The summed E-state index contributed by atoms with van der Waals surface area (Å²) in [7, 11) is 0. The van der Waals surface area contributed by atoms with E-state index in [9.17, 15) is 0 Å². The summed E-state index contributed by atoms with van der Waals surface area (Å²) in [4.78, 5) is 10.6. The lowest BCUT2D eigenvalue weighted by Gasteiger charge is -2.14. The second-order valence-electron chi connectivity index (χ2n) is 15.4. The molecule has 0 saturated carbocycles. The standard InChI is InChI=1S/C58H38N2/c1-2-14-39(15-3-1)40-30-32-42(33-31-40)58-59-56(48-23-11-20-44(35-48)43-19-10-21-45(34-43)51-29-13-18-41-16-4-6-25-50(41)51)38-57(60-58)49-24-12-22-46(36-49)55-37-47-17-5-7-26-52(47)53-27-8-9-28-54(53)55/h1-38H. The first kappa shape index (κ1) is 35.2. The minimum Gasteiger partial charge on any atom is -0.228 e. The van der Waals surface area contributed by atoms with E-state index in [4.69, 9.17) is 9.97 Å². The van der Waals surface area contributed by atoms with Crippen molar-refractivity contribution in [3.63, 3.8) is 0 Å². The van der Waals surface area contributed by atoms with Crippen LogP contribution in [0, 0.1) is 0 Å². The molecule has 0 atom stereocenters. The van der Waals surface area contributed by atoms with E-state index in [0.29, 0.717) is 5.82 Å². The number of aromatic nitrogens is 2. The maximum Gasteiger partial charge on any atom is 0.160 e. The average molecular weight is 763 g/mol. The van der Waals surface area contributed by atoms with Crippen LogP contribution in [0.3, 0.4) is 0 Å². The molecule has 11 aromatic rings. The highest BCUT2D eigenvalue weighted by Gasteiger charge is 2.15. The van der Waals surface area contributed by atoms with Crippen LogP contribution in [0.4, 0.5) is 0 Å². The molecule has 0 N–H and O–H groups in total. The molecule has 0 aliphatic carbocycles. The molecule has 0 amide bonds. The summed E-state index contributed by atoms with van der Waals surface area (Å²) in [5, 5.41) is 7.47. The van der Waals surface area contributed by atoms with Gasteiger partial charge in [0.05, 0.1) is 11.4 Å². The Morgan fingerprint density at radius 3 is 1.38 bits per heavy atom. The van der Waals surface area contributed by atoms with Gasteiger partial charge in [-0.3, -0.25) is 0 Å². The molecule has 2 heteroatoms. The Balaban J connectivity index is 1.03. The monoisotopic (exact) mass is 762 g/mol. The average Bonchev–Trinajstić information content (AvgIpc) is 3.34. The molecular weight excluding hydrogens is 725 g/mol. The van der Waals surface area contributed by atoms with Gasteiger partial charge in [0.1, 0.15) is 0 Å². The van der Waals surface area contributed by atoms with Gasteiger partial charge in [0.15, 0.2) is 5.82 Å². The Kier molecular flexibility index (Phi) is 8.87. The van der Waals surface area contributed by atoms with Crippen molar-refractivity contribution >= 4 is 32.3 Å². The highest BCUT2D eigenvalue weighted by atomic mass is 14.9. The SMILES string of the molecule is c1ccc(-c2ccc(-c3nc(-c4cccc(-c5cccc(-c6cccc7ccccc67)c5)c4)cc(-c4cccc(-c5cc6ccccc6c6ccccc56)c4)n3)cc2)cc1. The van der Waals surface area contributed by atoms with Gasteiger partial charge in [-0.25, -0.2) is 9.97 Å². The van der Waals surface area contributed by atoms with Gasteiger partial charge in [0.25, 0.3) is 0 Å². The first-order chi connectivity index (χ1) is 29.7. The molecule has 0 aliphatic heterocycles. The van der Waals surface area contributed by atoms with Crippen LogP contribution >= 0.6 is 0 Å². The minimum atomic E-state index is 0.687. The van der Waals surface area contributed by atoms with Gasteiger partial charge in [-0.05, 0) is 107 Å². The van der Waals surface area contributed by atoms with Gasteiger partial charge >= 0.3 is 0 Å². The molecule has 0 unspecified atom stereocenters. The lowest BCUT2D eigenvalue weighted by molar-refractivity contribution is 1.18. The molecular formula is C58H38N2. The van der Waals surface area contributed by atoms with Crippen LogP contribution in [0.15, 0.2) is 231 Å². The molecule has 0 aliphatic rings. The fraction of sp³-hybridized carbons (Fsp3) is 0. The Bertz CT molecular complexity index is 3360. The van der Waals surface area contributed by atoms with Crippen LogP contribution in [0.2, 0.25) is 0 Å². The second kappa shape index (κ2) is 15.1. The third kappa shape index (κ3) is 6.61. The fourth-order valence-corrected chi connectivity index (χ4v) is 8.66. The molecule has 0 saturated heterocycles. The highest BCUT2D eigenvalue weighted by molar-refractivity contribution is 6.14. The van der Waals surface area contributed by atoms with E-state index in [1.165, 1.54) is 54.6 Å². The van der Waals surface area contributed by atoms with Crippen LogP contribution in [-0.4, -0.2) is 9.97 Å². The van der Waals surface area contributed by atoms with Crippen molar-refractivity contribution in [3.05, 3.63) is 231 Å². The lowest BCUT2D eigenvalue weighted by atomic mass is 9.92. The Labute approximate surface area is 349 Å². The smallest absolute Gasteiger partial charge is 0.160 e. The molecule has 0 fully saturated rings. The van der Waals surface area contributed by atoms with Gasteiger partial charge in [0, 0.05) is 16.7 Å². The topological polar surface area (TPSA) is 25.8 Å². The zero-order valence-electron chi connectivity index (χ0n) is 32.8. The number of fused-ring (bicyclic) bond motifs is 4. The van der Waals surface area contributed by atoms with E-state index in [1.807, 2.05) is 6.07 Å². The van der Waals surface area contributed by atoms with Crippen LogP contribution in [0.5, 0.6) is 0 Å². The fourth-order valence-electron chi connectivity index (χ4n) is 8.66. The Morgan fingerprint density at radius 2 is 0.667 bits per heavy atom. The van der Waals surface area contributed by atoms with Crippen molar-refractivity contribution in [3.8, 4) is 78.4 Å². The molecule has 0 radical (unpaired) electrons. The van der Waals surface area contributed by atoms with E-state index < -0.39 is 0 Å². The molecule has 0 bridgehead atoms. The summed E-state index contributed by atoms with van der Waals surface area (Å²) in [6, 6.07) is 82.4. The van der Waals surface area contributed by atoms with Crippen molar-refractivity contribution in [2.24, 2.45) is 0 Å². The van der Waals surface area contributed by atoms with E-state index in [1.54, 1.807) is 0 Å². The van der Waals surface area contributed by atoms with E-state index in [2.05, 4.69) is 224 Å². The third-order valence-electron chi connectivity index (χ3n) is 11.7. The van der Waals surface area contributed by atoms with Crippen molar-refractivity contribution in [2.45, 2.75) is 0 Å². The number of rotatable bonds is 7. The lowest BCUT2D eigenvalue weighted by Crippen LogP contribution is -1.96. The van der Waals surface area contributed by atoms with Crippen molar-refractivity contribution < 1.29 is 0 Å². The normalized spacial score (nSPS) is 11.3. The van der Waals surface area contributed by atoms with Gasteiger partial charge in [-0.15, -0.1) is 0 Å². The number of hydrogen-bond acceptors (Lipinski definition) is 2. The highest BCUT2D eigenvalue weighted by Crippen LogP contribution is 2.38. The Morgan fingerprint density at radius 1 is 0.217 bits per heavy atom. The molecule has 1 heterocycles. The van der Waals surface area contributed by atoms with Gasteiger partial charge < -0.3 is 0 Å². The predicted octanol–water partition coefficient (Wildman–Crippen LogP) is 15.6. The molecule has 0 spiro atoms. The first-order valence-corrected chi connectivity index (χ1v) is 20.5. The summed E-state index contributed by atoms with van der Waals surface area (Å²) < 4.78 is 0. The zero-order chi connectivity index (χ0) is 39.8. The van der Waals surface area contributed by atoms with E-state index in [0.717, 1.165) is 50.3 Å². The Hall–Kier alpha value is -7.94. The number of hydrogen-bond donors (Lipinski definition) is 0. The second-order valence-corrected chi connectivity index (χ2v) is 15.4. The van der Waals surface area contributed by atoms with Gasteiger partial charge in [-0.2, -0.15) is 0 Å². The van der Waals surface area contributed by atoms with Crippen LogP contribution in [0.25, 0.3) is 111 Å². The maximum atomic E-state index is 5.29. The molecule has 60 heavy (non-hydrogen) atoms. The molecule has 2 nitrogen and oxygen atoms in total. The van der Waals surface area contributed by atoms with E-state index in [-0.39, 0.29) is 0 Å². The van der Waals surface area contributed by atoms with Crippen LogP contribution < -0.4 is 0 Å². The molecule has 280 valence electrons. The van der Waals surface area contributed by atoms with E-state index >= 15 is 0 Å².